The van der Waals surface area contributed by atoms with Gasteiger partial charge < -0.3 is 107 Å². The van der Waals surface area contributed by atoms with Gasteiger partial charge in [0, 0.05) is 58.5 Å². The molecule has 0 aromatic heterocycles. The normalized spacial score (nSPS) is 31.2. The molecule has 6 saturated heterocycles. The van der Waals surface area contributed by atoms with Crippen molar-refractivity contribution in [3.05, 3.63) is 215 Å². The van der Waals surface area contributed by atoms with Crippen LogP contribution in [0.2, 0.25) is 0 Å². The highest BCUT2D eigenvalue weighted by molar-refractivity contribution is 5.74. The molecule has 6 heterocycles. The number of aliphatic hydroxyl groups excluding tert-OH is 2. The van der Waals surface area contributed by atoms with E-state index in [4.69, 9.17) is 75.8 Å². The third-order valence-electron chi connectivity index (χ3n) is 19.2. The molecule has 12 rings (SSSR count). The number of hydrogen-bond acceptors (Lipinski definition) is 23. The van der Waals surface area contributed by atoms with E-state index in [1.807, 2.05) is 182 Å². The number of carbonyl (C=O) groups excluding carboxylic acids is 5. The maximum atomic E-state index is 13.9. The standard InChI is InChI=1S/C80H96N4O23/c1-48-67(99-52(5)88)72(106-77-62(81-49(2)85)71(94-43-55-31-17-8-18-32-55)69-60(100-77)46-95-74(104-69)57-35-21-10-22-36-57)63(82-50(3)86)76(98-48)107-73-64(83-51(4)87)78(101-61-47-96-75(105-70(61)73)58-37-23-11-24-38-58)103-68-59(45-92-42-54-29-15-7-16-30-54)102-79(66(90)65(68)89)93-40-26-12-25-39-84(41-53-27-13-6-14-28-53)80(91)97-44-56-33-19-9-20-34-56/h6-11,13-24,27-38,48,59-79,89-90H,12,25-26,39-47H2,1-5H3,(H,81,85)(H,82,86)(H,83,87)/t48-,59+,60+,61+,62-,63-,64+,65+,66+,67+,68-,69+,70-,71+,72-,73+,74+,75-,76-,77-,78+,79-/m0/s1. The lowest BCUT2D eigenvalue weighted by Gasteiger charge is -2.54. The van der Waals surface area contributed by atoms with Crippen LogP contribution >= 0.6 is 0 Å². The van der Waals surface area contributed by atoms with Gasteiger partial charge in [-0.2, -0.15) is 0 Å². The monoisotopic (exact) mass is 1480 g/mol. The summed E-state index contributed by atoms with van der Waals surface area (Å²) in [7, 11) is 0. The van der Waals surface area contributed by atoms with E-state index in [-0.39, 0.29) is 46.2 Å². The second-order valence-electron chi connectivity index (χ2n) is 27.4. The number of benzene rings is 6. The molecule has 0 aliphatic carbocycles. The van der Waals surface area contributed by atoms with Gasteiger partial charge in [0.1, 0.15) is 91.9 Å². The number of esters is 1. The van der Waals surface area contributed by atoms with Crippen molar-refractivity contribution in [3.8, 4) is 0 Å². The maximum Gasteiger partial charge on any atom is 0.410 e. The predicted molar refractivity (Wildman–Crippen MR) is 380 cm³/mol. The van der Waals surface area contributed by atoms with Crippen LogP contribution in [0.15, 0.2) is 182 Å². The van der Waals surface area contributed by atoms with Crippen LogP contribution in [0.4, 0.5) is 4.79 Å². The van der Waals surface area contributed by atoms with Crippen LogP contribution in [0, 0.1) is 0 Å². The Morgan fingerprint density at radius 2 is 0.916 bits per heavy atom. The molecule has 0 unspecified atom stereocenters. The number of aliphatic hydroxyl groups is 2. The molecule has 6 aromatic rings. The fraction of sp³-hybridized carbons (Fsp3) is 0.487. The molecule has 4 amide bonds. The Hall–Kier alpha value is -8.17. The van der Waals surface area contributed by atoms with Crippen LogP contribution in [0.25, 0.3) is 0 Å². The van der Waals surface area contributed by atoms with E-state index >= 15 is 0 Å². The van der Waals surface area contributed by atoms with Crippen molar-refractivity contribution in [1.82, 2.24) is 20.9 Å². The Morgan fingerprint density at radius 1 is 0.458 bits per heavy atom. The van der Waals surface area contributed by atoms with Crippen molar-refractivity contribution in [3.63, 3.8) is 0 Å². The SMILES string of the molecule is CC(=O)N[C@@H]1[C@H](O[C@H]2[C@H](NC(C)=O)[C@H](O[C@@H]3[C@@H](NC(C)=O)[C@@H](O[C@@H]4[C@H](O)[C@@H](O)[C@@H](OCCCCCN(Cc5ccccc5)C(=O)OCc5ccccc5)O[C@@H]4COCc4ccccc4)O[C@@H]4CO[C@H](c5ccccc5)O[C@H]34)O[C@@H](C)[C@H]2OC(C)=O)O[C@@H]2CO[C@@H](c3ccccc3)O[C@H]2[C@@H]1OCc1ccccc1. The molecule has 27 heteroatoms. The Labute approximate surface area is 621 Å². The molecule has 0 radical (unpaired) electrons. The van der Waals surface area contributed by atoms with Crippen LogP contribution < -0.4 is 16.0 Å². The van der Waals surface area contributed by atoms with Gasteiger partial charge in [-0.25, -0.2) is 4.79 Å². The van der Waals surface area contributed by atoms with Crippen molar-refractivity contribution in [2.24, 2.45) is 0 Å². The van der Waals surface area contributed by atoms with Crippen LogP contribution in [0.1, 0.15) is 99.8 Å². The third kappa shape index (κ3) is 21.0. The average Bonchev–Trinajstić information content (AvgIpc) is 0.756. The molecule has 6 aliphatic rings. The first-order valence-electron chi connectivity index (χ1n) is 36.5. The van der Waals surface area contributed by atoms with E-state index in [0.717, 1.165) is 27.8 Å². The Balaban J connectivity index is 0.814. The third-order valence-corrected chi connectivity index (χ3v) is 19.2. The maximum absolute atomic E-state index is 13.9. The number of hydrogen-bond donors (Lipinski definition) is 5. The van der Waals surface area contributed by atoms with Crippen LogP contribution in [-0.2, 0) is 121 Å². The zero-order valence-corrected chi connectivity index (χ0v) is 60.4. The van der Waals surface area contributed by atoms with E-state index in [0.29, 0.717) is 37.9 Å². The molecule has 574 valence electrons. The van der Waals surface area contributed by atoms with Gasteiger partial charge in [0.15, 0.2) is 43.8 Å². The Morgan fingerprint density at radius 3 is 1.45 bits per heavy atom. The molecule has 22 atom stereocenters. The summed E-state index contributed by atoms with van der Waals surface area (Å²) in [4.78, 5) is 69.9. The second-order valence-corrected chi connectivity index (χ2v) is 27.4. The number of carbonyl (C=O) groups is 5. The number of nitrogens with zero attached hydrogens (tertiary/aromatic N) is 1. The van der Waals surface area contributed by atoms with Crippen LogP contribution in [-0.4, -0.2) is 201 Å². The van der Waals surface area contributed by atoms with Crippen molar-refractivity contribution >= 4 is 29.8 Å². The van der Waals surface area contributed by atoms with Crippen molar-refractivity contribution in [2.45, 2.75) is 215 Å². The highest BCUT2D eigenvalue weighted by Gasteiger charge is 2.60. The minimum atomic E-state index is -1.76. The largest absolute Gasteiger partial charge is 0.457 e. The van der Waals surface area contributed by atoms with Gasteiger partial charge in [0.2, 0.25) is 17.7 Å². The summed E-state index contributed by atoms with van der Waals surface area (Å²) in [5.74, 6) is -2.41. The molecule has 0 saturated carbocycles. The lowest BCUT2D eigenvalue weighted by Crippen LogP contribution is -2.73. The van der Waals surface area contributed by atoms with E-state index in [2.05, 4.69) is 16.0 Å². The van der Waals surface area contributed by atoms with Gasteiger partial charge in [0.25, 0.3) is 0 Å². The highest BCUT2D eigenvalue weighted by Crippen LogP contribution is 2.42. The summed E-state index contributed by atoms with van der Waals surface area (Å²) in [6, 6.07) is 52.4. The summed E-state index contributed by atoms with van der Waals surface area (Å²) < 4.78 is 106. The lowest BCUT2D eigenvalue weighted by molar-refractivity contribution is -0.391. The minimum Gasteiger partial charge on any atom is -0.457 e. The van der Waals surface area contributed by atoms with Crippen LogP contribution in [0.3, 0.4) is 0 Å². The summed E-state index contributed by atoms with van der Waals surface area (Å²) in [6.45, 7) is 7.43. The second kappa shape index (κ2) is 38.3. The van der Waals surface area contributed by atoms with Gasteiger partial charge in [-0.1, -0.05) is 182 Å². The summed E-state index contributed by atoms with van der Waals surface area (Å²) in [6.07, 6.45) is -23.1. The first kappa shape index (κ1) is 78.4. The molecule has 0 spiro atoms. The van der Waals surface area contributed by atoms with E-state index in [9.17, 15) is 34.2 Å². The fourth-order valence-electron chi connectivity index (χ4n) is 14.2. The van der Waals surface area contributed by atoms with Gasteiger partial charge in [-0.15, -0.1) is 0 Å². The van der Waals surface area contributed by atoms with Gasteiger partial charge >= 0.3 is 12.1 Å². The number of nitrogens with one attached hydrogen (secondary N) is 3. The molecule has 6 aliphatic heterocycles. The number of rotatable bonds is 30. The van der Waals surface area contributed by atoms with E-state index in [1.165, 1.54) is 27.7 Å². The zero-order chi connectivity index (χ0) is 74.8. The predicted octanol–water partition coefficient (Wildman–Crippen LogP) is 7.29. The molecule has 6 fully saturated rings. The fourth-order valence-corrected chi connectivity index (χ4v) is 14.2. The topological polar surface area (TPSA) is 313 Å². The first-order valence-corrected chi connectivity index (χ1v) is 36.5. The average molecular weight is 1480 g/mol. The summed E-state index contributed by atoms with van der Waals surface area (Å²) in [5, 5.41) is 33.5. The number of fused-ring (bicyclic) bond motifs is 2. The molecule has 6 aromatic carbocycles. The highest BCUT2D eigenvalue weighted by atomic mass is 16.8. The van der Waals surface area contributed by atoms with E-state index in [1.54, 1.807) is 11.8 Å². The number of unbranched alkanes of at least 4 members (excludes halogenated alkanes) is 2. The van der Waals surface area contributed by atoms with Crippen molar-refractivity contribution in [2.75, 3.05) is 33.0 Å². The lowest BCUT2D eigenvalue weighted by atomic mass is 9.92. The van der Waals surface area contributed by atoms with Crippen molar-refractivity contribution < 1.29 is 110 Å². The van der Waals surface area contributed by atoms with Gasteiger partial charge in [0.05, 0.1) is 39.1 Å². The molecule has 107 heavy (non-hydrogen) atoms. The van der Waals surface area contributed by atoms with Gasteiger partial charge in [-0.05, 0) is 48.4 Å². The Bertz CT molecular complexity index is 3750. The smallest absolute Gasteiger partial charge is 0.410 e. The zero-order valence-electron chi connectivity index (χ0n) is 60.4. The minimum absolute atomic E-state index is 0.0256. The number of amides is 4. The van der Waals surface area contributed by atoms with Crippen LogP contribution in [0.5, 0.6) is 0 Å². The molecular formula is C80H96N4O23. The summed E-state index contributed by atoms with van der Waals surface area (Å²) in [5.41, 5.74) is 4.81. The quantitative estimate of drug-likeness (QED) is 0.0218. The first-order chi connectivity index (χ1) is 52.0. The molecular weight excluding hydrogens is 1380 g/mol. The molecule has 5 N–H and O–H groups in total. The number of ether oxygens (including phenoxy) is 16. The molecule has 0 bridgehead atoms. The molecule has 27 nitrogen and oxygen atoms in total. The Kier molecular flexibility index (Phi) is 28.0. The van der Waals surface area contributed by atoms with Gasteiger partial charge in [-0.3, -0.25) is 19.2 Å². The van der Waals surface area contributed by atoms with Crippen molar-refractivity contribution in [1.29, 1.82) is 0 Å². The van der Waals surface area contributed by atoms with E-state index < -0.39 is 165 Å². The summed E-state index contributed by atoms with van der Waals surface area (Å²) >= 11 is 0.